The smallest absolute Gasteiger partial charge is 0.315 e. The predicted octanol–water partition coefficient (Wildman–Crippen LogP) is 1.73. The van der Waals surface area contributed by atoms with E-state index in [4.69, 9.17) is 23.2 Å². The van der Waals surface area contributed by atoms with Crippen LogP contribution in [0.1, 0.15) is 13.8 Å². The van der Waals surface area contributed by atoms with Gasteiger partial charge in [-0.25, -0.2) is 4.79 Å². The highest BCUT2D eigenvalue weighted by Crippen LogP contribution is 2.03. The Bertz CT molecular complexity index is 152. The van der Waals surface area contributed by atoms with Gasteiger partial charge in [0.05, 0.1) is 5.71 Å². The van der Waals surface area contributed by atoms with Gasteiger partial charge in [0, 0.05) is 0 Å². The summed E-state index contributed by atoms with van der Waals surface area (Å²) in [4.78, 5) is 13.5. The number of alkyl halides is 2. The van der Waals surface area contributed by atoms with E-state index in [1.165, 1.54) is 0 Å². The Morgan fingerprint density at radius 1 is 1.50 bits per heavy atom. The first-order valence-corrected chi connectivity index (χ1v) is 3.41. The van der Waals surface area contributed by atoms with Gasteiger partial charge in [0.15, 0.2) is 0 Å². The number of hydrogen-bond donors (Lipinski definition) is 0. The van der Waals surface area contributed by atoms with Crippen molar-refractivity contribution in [2.75, 3.05) is 0 Å². The Kier molecular flexibility index (Phi) is 4.40. The minimum atomic E-state index is -1.16. The summed E-state index contributed by atoms with van der Waals surface area (Å²) in [5, 5.41) is 3.34. The molecule has 0 N–H and O–H groups in total. The zero-order chi connectivity index (χ0) is 8.15. The number of nitrogens with zero attached hydrogens (tertiary/aromatic N) is 1. The maximum atomic E-state index is 10.5. The van der Waals surface area contributed by atoms with Gasteiger partial charge < -0.3 is 4.84 Å². The normalized spacial score (nSPS) is 9.30. The number of hydrogen-bond acceptors (Lipinski definition) is 3. The van der Waals surface area contributed by atoms with Gasteiger partial charge in [0.25, 0.3) is 0 Å². The molecule has 3 nitrogen and oxygen atoms in total. The average Bonchev–Trinajstić information content (AvgIpc) is 1.82. The topological polar surface area (TPSA) is 38.7 Å². The standard InChI is InChI=1S/C5H7Cl2NO2/c1-3(2)8-10-5(9)4(6)7/h4H,1-2H3. The Morgan fingerprint density at radius 3 is 2.30 bits per heavy atom. The summed E-state index contributed by atoms with van der Waals surface area (Å²) in [6, 6.07) is 0. The second kappa shape index (κ2) is 4.52. The molecule has 0 fully saturated rings. The molecule has 0 aromatic rings. The number of carbonyl (C=O) groups excluding carboxylic acids is 1. The third-order valence-corrected chi connectivity index (χ3v) is 0.853. The van der Waals surface area contributed by atoms with Gasteiger partial charge in [-0.1, -0.05) is 28.4 Å². The monoisotopic (exact) mass is 183 g/mol. The van der Waals surface area contributed by atoms with Crippen LogP contribution in [0.4, 0.5) is 0 Å². The molecule has 0 atom stereocenters. The number of carbonyl (C=O) groups is 1. The molecule has 0 saturated heterocycles. The Morgan fingerprint density at radius 2 is 2.00 bits per heavy atom. The molecule has 0 rings (SSSR count). The Labute approximate surface area is 68.9 Å². The molecule has 0 aromatic heterocycles. The van der Waals surface area contributed by atoms with Gasteiger partial charge in [-0.15, -0.1) is 0 Å². The highest BCUT2D eigenvalue weighted by Gasteiger charge is 2.12. The van der Waals surface area contributed by atoms with E-state index in [-0.39, 0.29) is 0 Å². The van der Waals surface area contributed by atoms with Crippen molar-refractivity contribution < 1.29 is 9.63 Å². The summed E-state index contributed by atoms with van der Waals surface area (Å²) in [7, 11) is 0. The van der Waals surface area contributed by atoms with Crippen molar-refractivity contribution in [3.63, 3.8) is 0 Å². The molecular formula is C5H7Cl2NO2. The first-order chi connectivity index (χ1) is 4.54. The summed E-state index contributed by atoms with van der Waals surface area (Å²) < 4.78 is 0. The van der Waals surface area contributed by atoms with Crippen molar-refractivity contribution in [1.29, 1.82) is 0 Å². The van der Waals surface area contributed by atoms with Crippen LogP contribution in [0.3, 0.4) is 0 Å². The van der Waals surface area contributed by atoms with Crippen LogP contribution in [0.2, 0.25) is 0 Å². The quantitative estimate of drug-likeness (QED) is 0.283. The van der Waals surface area contributed by atoms with Gasteiger partial charge in [-0.3, -0.25) is 0 Å². The average molecular weight is 184 g/mol. The van der Waals surface area contributed by atoms with Crippen LogP contribution in [0.5, 0.6) is 0 Å². The van der Waals surface area contributed by atoms with Crippen LogP contribution in [0.15, 0.2) is 5.16 Å². The van der Waals surface area contributed by atoms with Crippen LogP contribution in [-0.4, -0.2) is 16.5 Å². The zero-order valence-corrected chi connectivity index (χ0v) is 7.11. The van der Waals surface area contributed by atoms with E-state index in [1.54, 1.807) is 13.8 Å². The molecule has 0 bridgehead atoms. The molecule has 0 unspecified atom stereocenters. The minimum Gasteiger partial charge on any atom is -0.315 e. The van der Waals surface area contributed by atoms with Crippen LogP contribution >= 0.6 is 23.2 Å². The SMILES string of the molecule is CC(C)=NOC(=O)C(Cl)Cl. The van der Waals surface area contributed by atoms with E-state index >= 15 is 0 Å². The van der Waals surface area contributed by atoms with E-state index in [0.717, 1.165) is 0 Å². The first-order valence-electron chi connectivity index (χ1n) is 2.54. The molecule has 0 saturated carbocycles. The molecule has 5 heteroatoms. The van der Waals surface area contributed by atoms with Crippen LogP contribution < -0.4 is 0 Å². The maximum Gasteiger partial charge on any atom is 0.367 e. The molecule has 58 valence electrons. The summed E-state index contributed by atoms with van der Waals surface area (Å²) in [6.07, 6.45) is 0. The van der Waals surface area contributed by atoms with E-state index in [9.17, 15) is 4.79 Å². The van der Waals surface area contributed by atoms with Gasteiger partial charge >= 0.3 is 5.97 Å². The summed E-state index contributed by atoms with van der Waals surface area (Å²) in [6.45, 7) is 3.37. The molecule has 0 aromatic carbocycles. The van der Waals surface area contributed by atoms with Gasteiger partial charge in [-0.05, 0) is 13.8 Å². The number of rotatable bonds is 2. The fraction of sp³-hybridized carbons (Fsp3) is 0.600. The van der Waals surface area contributed by atoms with Crippen LogP contribution in [-0.2, 0) is 9.63 Å². The Hall–Kier alpha value is -0.280. The zero-order valence-electron chi connectivity index (χ0n) is 5.60. The minimum absolute atomic E-state index is 0.627. The Balaban J connectivity index is 3.71. The fourth-order valence-electron chi connectivity index (χ4n) is 0.176. The van der Waals surface area contributed by atoms with Gasteiger partial charge in [0.2, 0.25) is 4.84 Å². The largest absolute Gasteiger partial charge is 0.367 e. The third-order valence-electron chi connectivity index (χ3n) is 0.496. The van der Waals surface area contributed by atoms with Crippen molar-refractivity contribution in [3.8, 4) is 0 Å². The summed E-state index contributed by atoms with van der Waals surface area (Å²) >= 11 is 10.3. The molecule has 0 spiro atoms. The number of halogens is 2. The van der Waals surface area contributed by atoms with Gasteiger partial charge in [0.1, 0.15) is 0 Å². The van der Waals surface area contributed by atoms with Crippen molar-refractivity contribution in [2.45, 2.75) is 18.7 Å². The summed E-state index contributed by atoms with van der Waals surface area (Å²) in [5.74, 6) is -0.760. The summed E-state index contributed by atoms with van der Waals surface area (Å²) in [5.41, 5.74) is 0.627. The predicted molar refractivity (Wildman–Crippen MR) is 40.4 cm³/mol. The van der Waals surface area contributed by atoms with Gasteiger partial charge in [-0.2, -0.15) is 0 Å². The second-order valence-corrected chi connectivity index (χ2v) is 2.85. The maximum absolute atomic E-state index is 10.5. The second-order valence-electron chi connectivity index (χ2n) is 1.75. The van der Waals surface area contributed by atoms with E-state index < -0.39 is 10.8 Å². The number of oxime groups is 1. The first kappa shape index (κ1) is 9.72. The van der Waals surface area contributed by atoms with Crippen molar-refractivity contribution in [1.82, 2.24) is 0 Å². The van der Waals surface area contributed by atoms with Crippen molar-refractivity contribution in [2.24, 2.45) is 5.16 Å². The lowest BCUT2D eigenvalue weighted by Crippen LogP contribution is -2.09. The lowest BCUT2D eigenvalue weighted by atomic mass is 10.5. The molecule has 0 heterocycles. The third kappa shape index (κ3) is 4.58. The highest BCUT2D eigenvalue weighted by molar-refractivity contribution is 6.52. The van der Waals surface area contributed by atoms with Crippen molar-refractivity contribution in [3.05, 3.63) is 0 Å². The van der Waals surface area contributed by atoms with E-state index in [0.29, 0.717) is 5.71 Å². The van der Waals surface area contributed by atoms with Crippen LogP contribution in [0.25, 0.3) is 0 Å². The van der Waals surface area contributed by atoms with E-state index in [2.05, 4.69) is 9.99 Å². The molecule has 0 aliphatic carbocycles. The highest BCUT2D eigenvalue weighted by atomic mass is 35.5. The molecule has 10 heavy (non-hydrogen) atoms. The van der Waals surface area contributed by atoms with E-state index in [1.807, 2.05) is 0 Å². The van der Waals surface area contributed by atoms with Crippen molar-refractivity contribution >= 4 is 34.9 Å². The lowest BCUT2D eigenvalue weighted by molar-refractivity contribution is -0.141. The fourth-order valence-corrected chi connectivity index (χ4v) is 0.256. The van der Waals surface area contributed by atoms with Crippen LogP contribution in [0, 0.1) is 0 Å². The lowest BCUT2D eigenvalue weighted by Gasteiger charge is -1.95. The molecule has 0 aliphatic heterocycles. The molecule has 0 aliphatic rings. The molecule has 0 radical (unpaired) electrons. The molecular weight excluding hydrogens is 177 g/mol. The molecule has 0 amide bonds.